The third kappa shape index (κ3) is 5.52. The van der Waals surface area contributed by atoms with Crippen molar-refractivity contribution in [3.05, 3.63) is 35.9 Å². The van der Waals surface area contributed by atoms with Crippen molar-refractivity contribution in [2.75, 3.05) is 0 Å². The Balaban J connectivity index is 2.13. The molecule has 0 bridgehead atoms. The standard InChI is InChI=1S/C9H8O5S2/c10-8(11)13-9(12)14-16-15-6-7-4-2-1-3-5-7/h1-5H,6H2,(H,10,11). The Morgan fingerprint density at radius 2 is 1.94 bits per heavy atom. The first-order valence-corrected chi connectivity index (χ1v) is 6.37. The molecule has 5 nitrogen and oxygen atoms in total. The van der Waals surface area contributed by atoms with Crippen LogP contribution in [0.25, 0.3) is 0 Å². The van der Waals surface area contributed by atoms with Gasteiger partial charge in [-0.15, -0.1) is 0 Å². The summed E-state index contributed by atoms with van der Waals surface area (Å²) in [5, 5.41) is 8.08. The van der Waals surface area contributed by atoms with Gasteiger partial charge < -0.3 is 14.0 Å². The Morgan fingerprint density at radius 1 is 1.25 bits per heavy atom. The summed E-state index contributed by atoms with van der Waals surface area (Å²) in [5.74, 6) is 0.645. The first-order chi connectivity index (χ1) is 7.68. The molecule has 86 valence electrons. The summed E-state index contributed by atoms with van der Waals surface area (Å²) in [7, 11) is 1.26. The largest absolute Gasteiger partial charge is 0.531 e. The quantitative estimate of drug-likeness (QED) is 0.292. The minimum absolute atomic E-state index is 0.645. The molecular weight excluding hydrogens is 252 g/mol. The van der Waals surface area contributed by atoms with Crippen LogP contribution in [0.1, 0.15) is 5.56 Å². The molecule has 0 aliphatic rings. The maximum atomic E-state index is 10.6. The molecule has 7 heteroatoms. The minimum atomic E-state index is -1.68. The van der Waals surface area contributed by atoms with E-state index in [2.05, 4.69) is 8.92 Å². The normalized spacial score (nSPS) is 9.50. The average Bonchev–Trinajstić information content (AvgIpc) is 2.25. The molecule has 0 atom stereocenters. The third-order valence-electron chi connectivity index (χ3n) is 1.39. The van der Waals surface area contributed by atoms with Gasteiger partial charge in [0.1, 0.15) is 11.1 Å². The van der Waals surface area contributed by atoms with Crippen LogP contribution in [0, 0.1) is 0 Å². The highest BCUT2D eigenvalue weighted by atomic mass is 33.1. The maximum absolute atomic E-state index is 10.6. The van der Waals surface area contributed by atoms with Gasteiger partial charge in [-0.3, -0.25) is 0 Å². The second-order valence-corrected chi connectivity index (χ2v) is 4.46. The molecule has 1 aromatic rings. The first kappa shape index (κ1) is 12.7. The van der Waals surface area contributed by atoms with Gasteiger partial charge in [0.15, 0.2) is 0 Å². The molecule has 0 saturated carbocycles. The van der Waals surface area contributed by atoms with Crippen LogP contribution in [-0.4, -0.2) is 17.4 Å². The number of benzene rings is 1. The second-order valence-electron chi connectivity index (χ2n) is 2.52. The SMILES string of the molecule is O=C(O)OC(=O)OSSCc1ccccc1. The van der Waals surface area contributed by atoms with Gasteiger partial charge in [-0.25, -0.2) is 9.59 Å². The summed E-state index contributed by atoms with van der Waals surface area (Å²) < 4.78 is 8.14. The fraction of sp³-hybridized carbons (Fsp3) is 0.111. The lowest BCUT2D eigenvalue weighted by Crippen LogP contribution is -2.07. The summed E-state index contributed by atoms with van der Waals surface area (Å²) in [5.41, 5.74) is 1.08. The number of carboxylic acid groups (broad SMARTS) is 1. The second kappa shape index (κ2) is 7.02. The number of ether oxygens (including phenoxy) is 1. The Morgan fingerprint density at radius 3 is 2.56 bits per heavy atom. The van der Waals surface area contributed by atoms with E-state index in [1.54, 1.807) is 0 Å². The third-order valence-corrected chi connectivity index (χ3v) is 2.99. The molecule has 0 aromatic heterocycles. The molecule has 0 spiro atoms. The van der Waals surface area contributed by atoms with Crippen molar-refractivity contribution in [1.29, 1.82) is 0 Å². The van der Waals surface area contributed by atoms with Crippen molar-refractivity contribution in [3.8, 4) is 0 Å². The van der Waals surface area contributed by atoms with Crippen LogP contribution in [0.5, 0.6) is 0 Å². The van der Waals surface area contributed by atoms with Crippen molar-refractivity contribution in [2.24, 2.45) is 0 Å². The van der Waals surface area contributed by atoms with Crippen LogP contribution < -0.4 is 0 Å². The number of hydrogen-bond acceptors (Lipinski definition) is 6. The molecule has 0 saturated heterocycles. The van der Waals surface area contributed by atoms with E-state index in [1.807, 2.05) is 30.3 Å². The minimum Gasteiger partial charge on any atom is -0.449 e. The number of rotatable bonds is 4. The molecule has 1 rings (SSSR count). The summed E-state index contributed by atoms with van der Waals surface area (Å²) in [6.45, 7) is 0. The monoisotopic (exact) mass is 260 g/mol. The van der Waals surface area contributed by atoms with Crippen LogP contribution in [0.3, 0.4) is 0 Å². The molecule has 1 N–H and O–H groups in total. The molecule has 0 heterocycles. The molecule has 0 aliphatic carbocycles. The predicted molar refractivity (Wildman–Crippen MR) is 60.9 cm³/mol. The molecule has 0 radical (unpaired) electrons. The Kier molecular flexibility index (Phi) is 5.58. The van der Waals surface area contributed by atoms with Gasteiger partial charge >= 0.3 is 12.3 Å². The summed E-state index contributed by atoms with van der Waals surface area (Å²) in [4.78, 5) is 20.5. The fourth-order valence-electron chi connectivity index (χ4n) is 0.806. The first-order valence-electron chi connectivity index (χ1n) is 4.13. The number of hydrogen-bond donors (Lipinski definition) is 1. The van der Waals surface area contributed by atoms with E-state index in [0.717, 1.165) is 16.6 Å². The van der Waals surface area contributed by atoms with Crippen molar-refractivity contribution in [3.63, 3.8) is 0 Å². The zero-order valence-corrected chi connectivity index (χ0v) is 9.62. The van der Waals surface area contributed by atoms with Crippen LogP contribution in [-0.2, 0) is 14.7 Å². The van der Waals surface area contributed by atoms with E-state index >= 15 is 0 Å². The maximum Gasteiger partial charge on any atom is 0.531 e. The van der Waals surface area contributed by atoms with Crippen LogP contribution in [0.2, 0.25) is 0 Å². The van der Waals surface area contributed by atoms with Crippen molar-refractivity contribution in [1.82, 2.24) is 0 Å². The van der Waals surface area contributed by atoms with E-state index < -0.39 is 12.3 Å². The summed E-state index contributed by atoms with van der Waals surface area (Å²) >= 11 is 0.777. The lowest BCUT2D eigenvalue weighted by Gasteiger charge is -2.00. The van der Waals surface area contributed by atoms with Crippen LogP contribution >= 0.6 is 21.9 Å². The van der Waals surface area contributed by atoms with Crippen molar-refractivity contribution < 1.29 is 23.6 Å². The van der Waals surface area contributed by atoms with E-state index in [-0.39, 0.29) is 0 Å². The van der Waals surface area contributed by atoms with Gasteiger partial charge in [-0.05, 0) is 16.4 Å². The Bertz CT molecular complexity index is 354. The van der Waals surface area contributed by atoms with Crippen molar-refractivity contribution >= 4 is 34.2 Å². The number of carbonyl (C=O) groups is 2. The molecular formula is C9H8O5S2. The fourth-order valence-corrected chi connectivity index (χ4v) is 2.18. The average molecular weight is 260 g/mol. The van der Waals surface area contributed by atoms with Gasteiger partial charge in [0.2, 0.25) is 0 Å². The lowest BCUT2D eigenvalue weighted by atomic mass is 10.2. The van der Waals surface area contributed by atoms with E-state index in [9.17, 15) is 9.59 Å². The smallest absolute Gasteiger partial charge is 0.449 e. The highest BCUT2D eigenvalue weighted by molar-refractivity contribution is 8.74. The highest BCUT2D eigenvalue weighted by Crippen LogP contribution is 2.27. The Labute approximate surface area is 99.7 Å². The molecule has 0 aliphatic heterocycles. The van der Waals surface area contributed by atoms with Gasteiger partial charge in [-0.1, -0.05) is 30.3 Å². The van der Waals surface area contributed by atoms with E-state index in [1.165, 1.54) is 10.8 Å². The van der Waals surface area contributed by atoms with E-state index in [4.69, 9.17) is 5.11 Å². The Hall–Kier alpha value is -1.34. The highest BCUT2D eigenvalue weighted by Gasteiger charge is 2.10. The van der Waals surface area contributed by atoms with Gasteiger partial charge in [0, 0.05) is 5.75 Å². The zero-order chi connectivity index (χ0) is 11.8. The van der Waals surface area contributed by atoms with E-state index in [0.29, 0.717) is 5.75 Å². The zero-order valence-electron chi connectivity index (χ0n) is 7.99. The van der Waals surface area contributed by atoms with Crippen LogP contribution in [0.4, 0.5) is 9.59 Å². The van der Waals surface area contributed by atoms with Crippen LogP contribution in [0.15, 0.2) is 30.3 Å². The van der Waals surface area contributed by atoms with Gasteiger partial charge in [-0.2, -0.15) is 0 Å². The lowest BCUT2D eigenvalue weighted by molar-refractivity contribution is 0.0893. The summed E-state index contributed by atoms with van der Waals surface area (Å²) in [6.07, 6.45) is -2.92. The van der Waals surface area contributed by atoms with Gasteiger partial charge in [0.05, 0.1) is 0 Å². The molecule has 0 unspecified atom stereocenters. The van der Waals surface area contributed by atoms with Gasteiger partial charge in [0.25, 0.3) is 0 Å². The summed E-state index contributed by atoms with van der Waals surface area (Å²) in [6, 6.07) is 9.58. The number of carbonyl (C=O) groups excluding carboxylic acids is 1. The molecule has 1 aromatic carbocycles. The topological polar surface area (TPSA) is 72.8 Å². The predicted octanol–water partition coefficient (Wildman–Crippen LogP) is 3.31. The van der Waals surface area contributed by atoms with Crippen molar-refractivity contribution in [2.45, 2.75) is 5.75 Å². The molecule has 16 heavy (non-hydrogen) atoms. The molecule has 0 fully saturated rings. The molecule has 0 amide bonds.